The zero-order valence-corrected chi connectivity index (χ0v) is 13.1. The largest absolute Gasteiger partial charge is 0.385 e. The minimum Gasteiger partial charge on any atom is -0.385 e. The van der Waals surface area contributed by atoms with Crippen LogP contribution < -0.4 is 5.32 Å². The van der Waals surface area contributed by atoms with Crippen molar-refractivity contribution in [3.05, 3.63) is 35.5 Å². The highest BCUT2D eigenvalue weighted by Crippen LogP contribution is 2.31. The van der Waals surface area contributed by atoms with Gasteiger partial charge in [-0.1, -0.05) is 39.0 Å². The van der Waals surface area contributed by atoms with E-state index >= 15 is 0 Å². The molecule has 0 aliphatic heterocycles. The molecule has 1 N–H and O–H groups in total. The second-order valence-corrected chi connectivity index (χ2v) is 6.08. The molecule has 108 valence electrons. The highest BCUT2D eigenvalue weighted by Gasteiger charge is 2.18. The number of nitrogens with one attached hydrogen (secondary N) is 1. The molecule has 0 radical (unpaired) electrons. The minimum absolute atomic E-state index is 0.0263. The number of hydrogen-bond acceptors (Lipinski definition) is 3. The number of para-hydroxylation sites is 1. The van der Waals surface area contributed by atoms with Crippen LogP contribution in [0.1, 0.15) is 39.0 Å². The van der Waals surface area contributed by atoms with E-state index in [0.29, 0.717) is 6.61 Å². The number of benzene rings is 1. The Morgan fingerprint density at radius 3 is 2.60 bits per heavy atom. The van der Waals surface area contributed by atoms with Crippen LogP contribution in [-0.2, 0) is 16.8 Å². The summed E-state index contributed by atoms with van der Waals surface area (Å²) in [6, 6.07) is 8.44. The first-order valence-electron chi connectivity index (χ1n) is 7.13. The zero-order valence-electron chi connectivity index (χ0n) is 13.1. The van der Waals surface area contributed by atoms with Crippen LogP contribution in [0, 0.1) is 0 Å². The summed E-state index contributed by atoms with van der Waals surface area (Å²) in [7, 11) is 1.72. The van der Waals surface area contributed by atoms with Crippen LogP contribution >= 0.6 is 0 Å². The fourth-order valence-electron chi connectivity index (χ4n) is 2.30. The number of fused-ring (bicyclic) bond motifs is 1. The van der Waals surface area contributed by atoms with Crippen LogP contribution in [0.5, 0.6) is 0 Å². The number of aromatic nitrogens is 1. The second kappa shape index (κ2) is 5.80. The number of methoxy groups -OCH3 is 1. The lowest BCUT2D eigenvalue weighted by molar-refractivity contribution is 0.186. The molecule has 3 heteroatoms. The smallest absolute Gasteiger partial charge is 0.0781 e. The molecule has 0 bridgehead atoms. The minimum atomic E-state index is 0.0263. The summed E-state index contributed by atoms with van der Waals surface area (Å²) in [6.45, 7) is 10.2. The molecular formula is C17H24N2O. The molecule has 0 atom stereocenters. The Labute approximate surface area is 121 Å². The summed E-state index contributed by atoms with van der Waals surface area (Å²) >= 11 is 0. The third-order valence-corrected chi connectivity index (χ3v) is 3.36. The number of rotatable bonds is 4. The SMILES string of the molecule is CCNc1cc(C(C)(C)C)nc2c(COC)cccc12. The Kier molecular flexibility index (Phi) is 4.29. The summed E-state index contributed by atoms with van der Waals surface area (Å²) in [5.74, 6) is 0. The van der Waals surface area contributed by atoms with Gasteiger partial charge in [-0.2, -0.15) is 0 Å². The van der Waals surface area contributed by atoms with E-state index in [4.69, 9.17) is 9.72 Å². The third-order valence-electron chi connectivity index (χ3n) is 3.36. The van der Waals surface area contributed by atoms with Gasteiger partial charge in [0.2, 0.25) is 0 Å². The standard InChI is InChI=1S/C17H24N2O/c1-6-18-14-10-15(17(2,3)4)19-16-12(11-20-5)8-7-9-13(14)16/h7-10H,6,11H2,1-5H3,(H,18,19). The lowest BCUT2D eigenvalue weighted by Crippen LogP contribution is -2.15. The van der Waals surface area contributed by atoms with Crippen LogP contribution in [0.15, 0.2) is 24.3 Å². The van der Waals surface area contributed by atoms with Crippen LogP contribution in [0.2, 0.25) is 0 Å². The number of hydrogen-bond donors (Lipinski definition) is 1. The van der Waals surface area contributed by atoms with Gasteiger partial charge in [0.25, 0.3) is 0 Å². The number of ether oxygens (including phenoxy) is 1. The van der Waals surface area contributed by atoms with Crippen molar-refractivity contribution in [1.82, 2.24) is 4.98 Å². The van der Waals surface area contributed by atoms with E-state index in [1.165, 1.54) is 0 Å². The average molecular weight is 272 g/mol. The van der Waals surface area contributed by atoms with E-state index in [1.54, 1.807) is 7.11 Å². The van der Waals surface area contributed by atoms with E-state index in [1.807, 2.05) is 0 Å². The van der Waals surface area contributed by atoms with Gasteiger partial charge in [-0.05, 0) is 13.0 Å². The average Bonchev–Trinajstić information content (AvgIpc) is 2.39. The predicted octanol–water partition coefficient (Wildman–Crippen LogP) is 4.11. The highest BCUT2D eigenvalue weighted by atomic mass is 16.5. The molecule has 20 heavy (non-hydrogen) atoms. The van der Waals surface area contributed by atoms with Crippen molar-refractivity contribution in [2.45, 2.75) is 39.7 Å². The maximum absolute atomic E-state index is 5.30. The van der Waals surface area contributed by atoms with Crippen molar-refractivity contribution in [2.24, 2.45) is 0 Å². The highest BCUT2D eigenvalue weighted by molar-refractivity contribution is 5.93. The van der Waals surface area contributed by atoms with Crippen LogP contribution in [0.3, 0.4) is 0 Å². The normalized spacial score (nSPS) is 11.8. The fourth-order valence-corrected chi connectivity index (χ4v) is 2.30. The van der Waals surface area contributed by atoms with Gasteiger partial charge in [-0.3, -0.25) is 4.98 Å². The Bertz CT molecular complexity index is 600. The molecule has 0 amide bonds. The van der Waals surface area contributed by atoms with Crippen LogP contribution in [-0.4, -0.2) is 18.6 Å². The lowest BCUT2D eigenvalue weighted by Gasteiger charge is -2.21. The van der Waals surface area contributed by atoms with Gasteiger partial charge < -0.3 is 10.1 Å². The predicted molar refractivity (Wildman–Crippen MR) is 85.3 cm³/mol. The quantitative estimate of drug-likeness (QED) is 0.909. The molecule has 3 nitrogen and oxygen atoms in total. The molecule has 2 aromatic rings. The Balaban J connectivity index is 2.72. The van der Waals surface area contributed by atoms with E-state index in [-0.39, 0.29) is 5.41 Å². The zero-order chi connectivity index (χ0) is 14.8. The molecule has 0 saturated carbocycles. The molecule has 0 fully saturated rings. The van der Waals surface area contributed by atoms with Gasteiger partial charge in [-0.25, -0.2) is 0 Å². The van der Waals surface area contributed by atoms with Crippen LogP contribution in [0.25, 0.3) is 10.9 Å². The number of anilines is 1. The van der Waals surface area contributed by atoms with Crippen molar-refractivity contribution >= 4 is 16.6 Å². The molecule has 1 heterocycles. The fraction of sp³-hybridized carbons (Fsp3) is 0.471. The molecule has 2 rings (SSSR count). The molecule has 0 spiro atoms. The summed E-state index contributed by atoms with van der Waals surface area (Å²) in [6.07, 6.45) is 0. The van der Waals surface area contributed by atoms with E-state index in [9.17, 15) is 0 Å². The van der Waals surface area contributed by atoms with Crippen molar-refractivity contribution in [2.75, 3.05) is 19.0 Å². The molecule has 0 saturated heterocycles. The van der Waals surface area contributed by atoms with Crippen molar-refractivity contribution in [1.29, 1.82) is 0 Å². The van der Waals surface area contributed by atoms with Crippen LogP contribution in [0.4, 0.5) is 5.69 Å². The second-order valence-electron chi connectivity index (χ2n) is 6.08. The molecule has 1 aromatic heterocycles. The maximum atomic E-state index is 5.30. The summed E-state index contributed by atoms with van der Waals surface area (Å²) < 4.78 is 5.30. The van der Waals surface area contributed by atoms with Gasteiger partial charge in [0.15, 0.2) is 0 Å². The maximum Gasteiger partial charge on any atom is 0.0781 e. The molecule has 0 aliphatic carbocycles. The third kappa shape index (κ3) is 2.93. The Morgan fingerprint density at radius 2 is 2.00 bits per heavy atom. The first-order chi connectivity index (χ1) is 9.47. The topological polar surface area (TPSA) is 34.2 Å². The monoisotopic (exact) mass is 272 g/mol. The molecular weight excluding hydrogens is 248 g/mol. The van der Waals surface area contributed by atoms with Gasteiger partial charge in [-0.15, -0.1) is 0 Å². The van der Waals surface area contributed by atoms with E-state index < -0.39 is 0 Å². The van der Waals surface area contributed by atoms with Gasteiger partial charge in [0.05, 0.1) is 12.1 Å². The number of nitrogens with zero attached hydrogens (tertiary/aromatic N) is 1. The van der Waals surface area contributed by atoms with E-state index in [0.717, 1.165) is 34.4 Å². The molecule has 0 aliphatic rings. The summed E-state index contributed by atoms with van der Waals surface area (Å²) in [5.41, 5.74) is 4.45. The van der Waals surface area contributed by atoms with Gasteiger partial charge in [0, 0.05) is 41.4 Å². The van der Waals surface area contributed by atoms with Crippen molar-refractivity contribution in [3.8, 4) is 0 Å². The molecule has 1 aromatic carbocycles. The van der Waals surface area contributed by atoms with Crippen molar-refractivity contribution in [3.63, 3.8) is 0 Å². The van der Waals surface area contributed by atoms with Gasteiger partial charge >= 0.3 is 0 Å². The summed E-state index contributed by atoms with van der Waals surface area (Å²) in [5, 5.41) is 4.61. The van der Waals surface area contributed by atoms with Gasteiger partial charge in [0.1, 0.15) is 0 Å². The lowest BCUT2D eigenvalue weighted by atomic mass is 9.90. The molecule has 0 unspecified atom stereocenters. The first-order valence-corrected chi connectivity index (χ1v) is 7.13. The van der Waals surface area contributed by atoms with E-state index in [2.05, 4.69) is 57.3 Å². The first kappa shape index (κ1) is 14.8. The Hall–Kier alpha value is -1.61. The van der Waals surface area contributed by atoms with Crippen molar-refractivity contribution < 1.29 is 4.74 Å². The number of pyridine rings is 1. The summed E-state index contributed by atoms with van der Waals surface area (Å²) in [4.78, 5) is 4.89. The Morgan fingerprint density at radius 1 is 1.25 bits per heavy atom.